The highest BCUT2D eigenvalue weighted by atomic mass is 35.5. The van der Waals surface area contributed by atoms with Gasteiger partial charge in [0.1, 0.15) is 11.5 Å². The molecule has 4 nitrogen and oxygen atoms in total. The fourth-order valence-electron chi connectivity index (χ4n) is 2.46. The molecule has 2 aromatic carbocycles. The molecule has 0 saturated carbocycles. The standard InChI is InChI=1S/C19H23ClN2O2S/c1-23-16-7-8-18(24-2)15(13-16)10-12-22-19(25)21-11-9-14-5-3-4-6-17(14)20/h3-8,13H,9-12H2,1-2H3,(H2,21,22,25). The molecule has 0 atom stereocenters. The van der Waals surface area contributed by atoms with Crippen LogP contribution in [-0.4, -0.2) is 32.4 Å². The number of nitrogens with one attached hydrogen (secondary N) is 2. The van der Waals surface area contributed by atoms with Gasteiger partial charge < -0.3 is 20.1 Å². The average Bonchev–Trinajstić information content (AvgIpc) is 2.63. The van der Waals surface area contributed by atoms with E-state index in [0.717, 1.165) is 47.0 Å². The predicted molar refractivity (Wildman–Crippen MR) is 107 cm³/mol. The van der Waals surface area contributed by atoms with Gasteiger partial charge >= 0.3 is 0 Å². The smallest absolute Gasteiger partial charge is 0.166 e. The first-order valence-electron chi connectivity index (χ1n) is 8.10. The van der Waals surface area contributed by atoms with Crippen LogP contribution in [0.5, 0.6) is 11.5 Å². The topological polar surface area (TPSA) is 42.5 Å². The quantitative estimate of drug-likeness (QED) is 0.687. The van der Waals surface area contributed by atoms with Crippen LogP contribution in [-0.2, 0) is 12.8 Å². The van der Waals surface area contributed by atoms with Gasteiger partial charge in [-0.3, -0.25) is 0 Å². The maximum absolute atomic E-state index is 6.15. The van der Waals surface area contributed by atoms with Crippen molar-refractivity contribution in [2.24, 2.45) is 0 Å². The van der Waals surface area contributed by atoms with Crippen molar-refractivity contribution in [2.75, 3.05) is 27.3 Å². The lowest BCUT2D eigenvalue weighted by Gasteiger charge is -2.13. The van der Waals surface area contributed by atoms with Crippen molar-refractivity contribution >= 4 is 28.9 Å². The minimum absolute atomic E-state index is 0.633. The van der Waals surface area contributed by atoms with Crippen molar-refractivity contribution < 1.29 is 9.47 Å². The molecule has 0 fully saturated rings. The molecule has 0 unspecified atom stereocenters. The van der Waals surface area contributed by atoms with Gasteiger partial charge in [-0.25, -0.2) is 0 Å². The highest BCUT2D eigenvalue weighted by Crippen LogP contribution is 2.24. The Morgan fingerprint density at radius 1 is 0.960 bits per heavy atom. The minimum atomic E-state index is 0.633. The Morgan fingerprint density at radius 3 is 2.28 bits per heavy atom. The van der Waals surface area contributed by atoms with Gasteiger partial charge in [0.2, 0.25) is 0 Å². The Kier molecular flexibility index (Phi) is 7.82. The van der Waals surface area contributed by atoms with Crippen LogP contribution in [0.25, 0.3) is 0 Å². The van der Waals surface area contributed by atoms with Gasteiger partial charge in [0, 0.05) is 18.1 Å². The maximum Gasteiger partial charge on any atom is 0.166 e. The first-order chi connectivity index (χ1) is 12.1. The van der Waals surface area contributed by atoms with Gasteiger partial charge in [-0.05, 0) is 60.5 Å². The number of rotatable bonds is 8. The van der Waals surface area contributed by atoms with E-state index < -0.39 is 0 Å². The summed E-state index contributed by atoms with van der Waals surface area (Å²) in [5.41, 5.74) is 2.19. The second-order valence-corrected chi connectivity index (χ2v) is 6.27. The van der Waals surface area contributed by atoms with Crippen LogP contribution in [0, 0.1) is 0 Å². The SMILES string of the molecule is COc1ccc(OC)c(CCNC(=S)NCCc2ccccc2Cl)c1. The van der Waals surface area contributed by atoms with E-state index in [9.17, 15) is 0 Å². The second kappa shape index (κ2) is 10.1. The molecule has 0 aliphatic heterocycles. The molecule has 2 rings (SSSR count). The summed E-state index contributed by atoms with van der Waals surface area (Å²) in [5.74, 6) is 1.66. The summed E-state index contributed by atoms with van der Waals surface area (Å²) in [5, 5.41) is 7.83. The summed E-state index contributed by atoms with van der Waals surface area (Å²) in [6, 6.07) is 13.6. The molecule has 0 spiro atoms. The third kappa shape index (κ3) is 6.11. The Labute approximate surface area is 159 Å². The summed E-state index contributed by atoms with van der Waals surface area (Å²) >= 11 is 11.5. The molecular weight excluding hydrogens is 356 g/mol. The van der Waals surface area contributed by atoms with Crippen LogP contribution < -0.4 is 20.1 Å². The van der Waals surface area contributed by atoms with Crippen LogP contribution in [0.15, 0.2) is 42.5 Å². The number of hydrogen-bond donors (Lipinski definition) is 2. The fraction of sp³-hybridized carbons (Fsp3) is 0.316. The molecule has 134 valence electrons. The number of ether oxygens (including phenoxy) is 2. The fourth-order valence-corrected chi connectivity index (χ4v) is 2.90. The summed E-state index contributed by atoms with van der Waals surface area (Å²) in [7, 11) is 3.32. The Hall–Kier alpha value is -1.98. The molecule has 0 aromatic heterocycles. The summed E-state index contributed by atoms with van der Waals surface area (Å²) in [4.78, 5) is 0. The number of halogens is 1. The first kappa shape index (κ1) is 19.3. The van der Waals surface area contributed by atoms with Crippen molar-refractivity contribution in [3.8, 4) is 11.5 Å². The zero-order chi connectivity index (χ0) is 18.1. The highest BCUT2D eigenvalue weighted by molar-refractivity contribution is 7.80. The van der Waals surface area contributed by atoms with Crippen molar-refractivity contribution in [2.45, 2.75) is 12.8 Å². The van der Waals surface area contributed by atoms with Gasteiger partial charge in [-0.1, -0.05) is 29.8 Å². The normalized spacial score (nSPS) is 10.2. The molecule has 2 aromatic rings. The molecule has 0 radical (unpaired) electrons. The first-order valence-corrected chi connectivity index (χ1v) is 8.88. The van der Waals surface area contributed by atoms with Gasteiger partial charge in [0.15, 0.2) is 5.11 Å². The minimum Gasteiger partial charge on any atom is -0.497 e. The van der Waals surface area contributed by atoms with E-state index >= 15 is 0 Å². The predicted octanol–water partition coefficient (Wildman–Crippen LogP) is 3.61. The van der Waals surface area contributed by atoms with Crippen molar-refractivity contribution in [1.29, 1.82) is 0 Å². The van der Waals surface area contributed by atoms with Gasteiger partial charge in [-0.15, -0.1) is 0 Å². The monoisotopic (exact) mass is 378 g/mol. The lowest BCUT2D eigenvalue weighted by Crippen LogP contribution is -2.37. The molecular formula is C19H23ClN2O2S. The lowest BCUT2D eigenvalue weighted by molar-refractivity contribution is 0.398. The lowest BCUT2D eigenvalue weighted by atomic mass is 10.1. The molecule has 0 aliphatic carbocycles. The summed E-state index contributed by atoms with van der Waals surface area (Å²) in [6.07, 6.45) is 1.61. The van der Waals surface area contributed by atoms with E-state index in [-0.39, 0.29) is 0 Å². The Bertz CT molecular complexity index is 710. The van der Waals surface area contributed by atoms with Crippen LogP contribution in [0.1, 0.15) is 11.1 Å². The van der Waals surface area contributed by atoms with Crippen LogP contribution >= 0.6 is 23.8 Å². The van der Waals surface area contributed by atoms with Crippen LogP contribution in [0.4, 0.5) is 0 Å². The number of methoxy groups -OCH3 is 2. The molecule has 2 N–H and O–H groups in total. The molecule has 6 heteroatoms. The van der Waals surface area contributed by atoms with Gasteiger partial charge in [0.25, 0.3) is 0 Å². The third-order valence-electron chi connectivity index (χ3n) is 3.81. The summed E-state index contributed by atoms with van der Waals surface area (Å²) in [6.45, 7) is 1.44. The van der Waals surface area contributed by atoms with E-state index in [1.54, 1.807) is 14.2 Å². The number of thiocarbonyl (C=S) groups is 1. The van der Waals surface area contributed by atoms with Crippen LogP contribution in [0.3, 0.4) is 0 Å². The highest BCUT2D eigenvalue weighted by Gasteiger charge is 2.05. The van der Waals surface area contributed by atoms with Crippen molar-refractivity contribution in [1.82, 2.24) is 10.6 Å². The zero-order valence-corrected chi connectivity index (χ0v) is 16.0. The molecule has 25 heavy (non-hydrogen) atoms. The van der Waals surface area contributed by atoms with Gasteiger partial charge in [0.05, 0.1) is 14.2 Å². The van der Waals surface area contributed by atoms with Crippen molar-refractivity contribution in [3.05, 3.63) is 58.6 Å². The van der Waals surface area contributed by atoms with E-state index in [4.69, 9.17) is 33.3 Å². The molecule has 0 aliphatic rings. The van der Waals surface area contributed by atoms with Crippen molar-refractivity contribution in [3.63, 3.8) is 0 Å². The maximum atomic E-state index is 6.15. The molecule has 0 bridgehead atoms. The molecule has 0 saturated heterocycles. The van der Waals surface area contributed by atoms with Gasteiger partial charge in [-0.2, -0.15) is 0 Å². The van der Waals surface area contributed by atoms with E-state index in [2.05, 4.69) is 10.6 Å². The third-order valence-corrected chi connectivity index (χ3v) is 4.46. The molecule has 0 amide bonds. The molecule has 0 heterocycles. The Balaban J connectivity index is 1.74. The zero-order valence-electron chi connectivity index (χ0n) is 14.5. The Morgan fingerprint density at radius 2 is 1.64 bits per heavy atom. The van der Waals surface area contributed by atoms with E-state index in [1.165, 1.54) is 0 Å². The van der Waals surface area contributed by atoms with Crippen LogP contribution in [0.2, 0.25) is 5.02 Å². The average molecular weight is 379 g/mol. The van der Waals surface area contributed by atoms with E-state index in [1.807, 2.05) is 42.5 Å². The number of benzene rings is 2. The van der Waals surface area contributed by atoms with E-state index in [0.29, 0.717) is 11.7 Å². The number of hydrogen-bond acceptors (Lipinski definition) is 3. The second-order valence-electron chi connectivity index (χ2n) is 5.45. The largest absolute Gasteiger partial charge is 0.497 e. The summed E-state index contributed by atoms with van der Waals surface area (Å²) < 4.78 is 10.6.